The topological polar surface area (TPSA) is 23.0 Å². The average Bonchev–Trinajstić information content (AvgIpc) is 3.89. The van der Waals surface area contributed by atoms with Crippen LogP contribution in [0.2, 0.25) is 0 Å². The molecule has 55 heavy (non-hydrogen) atoms. The van der Waals surface area contributed by atoms with Gasteiger partial charge in [0.2, 0.25) is 0 Å². The van der Waals surface area contributed by atoms with Gasteiger partial charge in [-0.25, -0.2) is 0 Å². The molecule has 3 heteroatoms. The highest BCUT2D eigenvalue weighted by Gasteiger charge is 2.18. The molecule has 0 aliphatic carbocycles. The molecule has 0 fully saturated rings. The van der Waals surface area contributed by atoms with Crippen molar-refractivity contribution in [1.82, 2.24) is 9.13 Å². The predicted octanol–water partition coefficient (Wildman–Crippen LogP) is 14.3. The molecule has 3 nitrogen and oxygen atoms in total. The lowest BCUT2D eigenvalue weighted by molar-refractivity contribution is 0.668. The molecule has 12 rings (SSSR count). The first-order chi connectivity index (χ1) is 27.2. The third-order valence-corrected chi connectivity index (χ3v) is 11.5. The summed E-state index contributed by atoms with van der Waals surface area (Å²) in [6.07, 6.45) is 0. The molecule has 3 heterocycles. The summed E-state index contributed by atoms with van der Waals surface area (Å²) >= 11 is 0. The van der Waals surface area contributed by atoms with E-state index in [1.165, 1.54) is 76.6 Å². The fraction of sp³-hybridized carbons (Fsp3) is 0. The highest BCUT2D eigenvalue weighted by atomic mass is 16.3. The van der Waals surface area contributed by atoms with Crippen LogP contribution in [0, 0.1) is 0 Å². The summed E-state index contributed by atoms with van der Waals surface area (Å²) in [5.41, 5.74) is 13.6. The van der Waals surface area contributed by atoms with E-state index in [0.717, 1.165) is 33.3 Å². The zero-order chi connectivity index (χ0) is 36.0. The zero-order valence-electron chi connectivity index (χ0n) is 29.8. The maximum Gasteiger partial charge on any atom is 0.137 e. The molecule has 0 amide bonds. The van der Waals surface area contributed by atoms with Gasteiger partial charge in [0.1, 0.15) is 11.2 Å². The van der Waals surface area contributed by atoms with Crippen molar-refractivity contribution in [3.05, 3.63) is 194 Å². The van der Waals surface area contributed by atoms with Gasteiger partial charge >= 0.3 is 0 Å². The highest BCUT2D eigenvalue weighted by molar-refractivity contribution is 6.16. The maximum atomic E-state index is 6.37. The summed E-state index contributed by atoms with van der Waals surface area (Å²) in [4.78, 5) is 0. The fourth-order valence-corrected chi connectivity index (χ4v) is 8.88. The predicted molar refractivity (Wildman–Crippen MR) is 231 cm³/mol. The lowest BCUT2D eigenvalue weighted by atomic mass is 10.00. The monoisotopic (exact) mass is 700 g/mol. The molecule has 3 aromatic heterocycles. The Labute approximate surface area is 316 Å². The number of benzene rings is 9. The molecule has 0 spiro atoms. The quantitative estimate of drug-likeness (QED) is 0.179. The number of aromatic nitrogens is 2. The number of rotatable bonds is 4. The van der Waals surface area contributed by atoms with Crippen LogP contribution in [-0.4, -0.2) is 9.13 Å². The Morgan fingerprint density at radius 3 is 1.58 bits per heavy atom. The molecule has 0 unspecified atom stereocenters. The molecule has 12 aromatic rings. The van der Waals surface area contributed by atoms with Gasteiger partial charge in [0.25, 0.3) is 0 Å². The van der Waals surface area contributed by atoms with Crippen LogP contribution in [0.3, 0.4) is 0 Å². The summed E-state index contributed by atoms with van der Waals surface area (Å²) in [7, 11) is 0. The molecule has 9 aromatic carbocycles. The van der Waals surface area contributed by atoms with Gasteiger partial charge in [-0.2, -0.15) is 0 Å². The van der Waals surface area contributed by atoms with Gasteiger partial charge in [0, 0.05) is 49.8 Å². The number of hydrogen-bond donors (Lipinski definition) is 0. The van der Waals surface area contributed by atoms with Gasteiger partial charge in [0.05, 0.1) is 22.1 Å². The Kier molecular flexibility index (Phi) is 6.34. The second-order valence-electron chi connectivity index (χ2n) is 14.6. The van der Waals surface area contributed by atoms with E-state index in [1.807, 2.05) is 12.1 Å². The van der Waals surface area contributed by atoms with E-state index in [2.05, 4.69) is 191 Å². The van der Waals surface area contributed by atoms with Crippen molar-refractivity contribution in [2.45, 2.75) is 0 Å². The molecule has 0 aliphatic heterocycles. The molecule has 256 valence electrons. The van der Waals surface area contributed by atoms with E-state index in [9.17, 15) is 0 Å². The molecule has 0 radical (unpaired) electrons. The number of hydrogen-bond acceptors (Lipinski definition) is 1. The Balaban J connectivity index is 1.03. The smallest absolute Gasteiger partial charge is 0.137 e. The molecular weight excluding hydrogens is 669 g/mol. The summed E-state index contributed by atoms with van der Waals surface area (Å²) in [5.74, 6) is 0. The molecule has 0 saturated heterocycles. The molecule has 0 N–H and O–H groups in total. The van der Waals surface area contributed by atoms with Crippen molar-refractivity contribution in [3.63, 3.8) is 0 Å². The minimum absolute atomic E-state index is 0.894. The van der Waals surface area contributed by atoms with E-state index in [0.29, 0.717) is 0 Å². The van der Waals surface area contributed by atoms with Crippen LogP contribution in [-0.2, 0) is 0 Å². The minimum Gasteiger partial charge on any atom is -0.456 e. The number of para-hydroxylation sites is 2. The van der Waals surface area contributed by atoms with E-state index in [-0.39, 0.29) is 0 Å². The number of nitrogens with zero attached hydrogens (tertiary/aromatic N) is 2. The first-order valence-corrected chi connectivity index (χ1v) is 18.8. The van der Waals surface area contributed by atoms with Crippen LogP contribution >= 0.6 is 0 Å². The van der Waals surface area contributed by atoms with Crippen molar-refractivity contribution >= 4 is 76.3 Å². The third kappa shape index (κ3) is 4.57. The Morgan fingerprint density at radius 1 is 0.273 bits per heavy atom. The van der Waals surface area contributed by atoms with E-state index in [1.54, 1.807) is 0 Å². The largest absolute Gasteiger partial charge is 0.456 e. The first-order valence-electron chi connectivity index (χ1n) is 18.8. The van der Waals surface area contributed by atoms with Gasteiger partial charge in [-0.05, 0) is 106 Å². The van der Waals surface area contributed by atoms with Crippen molar-refractivity contribution in [2.75, 3.05) is 0 Å². The minimum atomic E-state index is 0.894. The second-order valence-corrected chi connectivity index (χ2v) is 14.6. The second kappa shape index (κ2) is 11.6. The summed E-state index contributed by atoms with van der Waals surface area (Å²) < 4.78 is 11.2. The van der Waals surface area contributed by atoms with Crippen LogP contribution in [0.15, 0.2) is 199 Å². The van der Waals surface area contributed by atoms with Crippen LogP contribution in [0.25, 0.3) is 110 Å². The highest BCUT2D eigenvalue weighted by Crippen LogP contribution is 2.40. The molecular formula is C52H32N2O. The Bertz CT molecular complexity index is 3470. The molecule has 0 bridgehead atoms. The van der Waals surface area contributed by atoms with Crippen LogP contribution in [0.5, 0.6) is 0 Å². The SMILES string of the molecule is c1ccc(-c2ccc(-n3c4ccccc4c4cc(-c5ccc6c(c5)c5cc7ccccc7cc5n6-c5ccc6c(c5)oc5ccccc56)ccc43)cc2)cc1. The van der Waals surface area contributed by atoms with Crippen LogP contribution < -0.4 is 0 Å². The summed E-state index contributed by atoms with van der Waals surface area (Å²) in [6.45, 7) is 0. The lowest BCUT2D eigenvalue weighted by Gasteiger charge is -2.10. The van der Waals surface area contributed by atoms with Crippen LogP contribution in [0.1, 0.15) is 0 Å². The average molecular weight is 701 g/mol. The summed E-state index contributed by atoms with van der Waals surface area (Å²) in [5, 5.41) is 9.68. The van der Waals surface area contributed by atoms with Crippen molar-refractivity contribution < 1.29 is 4.42 Å². The fourth-order valence-electron chi connectivity index (χ4n) is 8.88. The van der Waals surface area contributed by atoms with Gasteiger partial charge in [-0.1, -0.05) is 115 Å². The Morgan fingerprint density at radius 2 is 0.800 bits per heavy atom. The van der Waals surface area contributed by atoms with Crippen LogP contribution in [0.4, 0.5) is 0 Å². The van der Waals surface area contributed by atoms with Crippen molar-refractivity contribution in [3.8, 4) is 33.6 Å². The normalized spacial score (nSPS) is 12.0. The maximum absolute atomic E-state index is 6.37. The van der Waals surface area contributed by atoms with E-state index < -0.39 is 0 Å². The zero-order valence-corrected chi connectivity index (χ0v) is 29.8. The van der Waals surface area contributed by atoms with Gasteiger partial charge < -0.3 is 13.6 Å². The lowest BCUT2D eigenvalue weighted by Crippen LogP contribution is -1.94. The third-order valence-electron chi connectivity index (χ3n) is 11.5. The van der Waals surface area contributed by atoms with Gasteiger partial charge in [-0.3, -0.25) is 0 Å². The van der Waals surface area contributed by atoms with Crippen molar-refractivity contribution in [2.24, 2.45) is 0 Å². The summed E-state index contributed by atoms with van der Waals surface area (Å²) in [6, 6.07) is 70.4. The molecule has 0 atom stereocenters. The Hall–Kier alpha value is -7.36. The first kappa shape index (κ1) is 30.1. The molecule has 0 aliphatic rings. The van der Waals surface area contributed by atoms with Crippen molar-refractivity contribution in [1.29, 1.82) is 0 Å². The van der Waals surface area contributed by atoms with E-state index in [4.69, 9.17) is 4.42 Å². The van der Waals surface area contributed by atoms with Gasteiger partial charge in [-0.15, -0.1) is 0 Å². The van der Waals surface area contributed by atoms with E-state index >= 15 is 0 Å². The number of fused-ring (bicyclic) bond motifs is 10. The standard InChI is InChI=1S/C52H32N2O/c1-2-10-33(11-3-1)34-18-22-39(23-19-34)53-47-16-8-6-14-41(47)44-29-37(20-26-48(44)53)38-21-27-49-45(30-38)46-28-35-12-4-5-13-36(35)31-50(46)54(49)40-24-25-43-42-15-7-9-17-51(42)55-52(43)32-40/h1-32H. The molecule has 0 saturated carbocycles. The van der Waals surface area contributed by atoms with Gasteiger partial charge in [0.15, 0.2) is 0 Å². The number of furan rings is 1.